The van der Waals surface area contributed by atoms with Crippen LogP contribution in [0, 0.1) is 5.92 Å². The molecule has 1 aromatic rings. The van der Waals surface area contributed by atoms with Crippen LogP contribution in [0.2, 0.25) is 5.22 Å². The van der Waals surface area contributed by atoms with Gasteiger partial charge in [0.15, 0.2) is 11.0 Å². The molecule has 17 heavy (non-hydrogen) atoms. The van der Waals surface area contributed by atoms with Gasteiger partial charge in [-0.15, -0.1) is 0 Å². The van der Waals surface area contributed by atoms with E-state index in [4.69, 9.17) is 21.8 Å². The molecule has 1 fully saturated rings. The number of hydrogen-bond acceptors (Lipinski definition) is 3. The number of rotatable bonds is 3. The summed E-state index contributed by atoms with van der Waals surface area (Å²) < 4.78 is 5.13. The van der Waals surface area contributed by atoms with Crippen molar-refractivity contribution in [3.05, 3.63) is 23.1 Å². The molecule has 0 aliphatic carbocycles. The van der Waals surface area contributed by atoms with Crippen LogP contribution in [0.1, 0.15) is 29.8 Å². The van der Waals surface area contributed by atoms with Gasteiger partial charge in [0, 0.05) is 13.1 Å². The number of nitrogens with zero attached hydrogens (tertiary/aromatic N) is 1. The van der Waals surface area contributed by atoms with E-state index >= 15 is 0 Å². The van der Waals surface area contributed by atoms with E-state index in [0.717, 1.165) is 38.9 Å². The fourth-order valence-corrected chi connectivity index (χ4v) is 2.39. The maximum atomic E-state index is 12.0. The first-order valence-corrected chi connectivity index (χ1v) is 6.33. The highest BCUT2D eigenvalue weighted by molar-refractivity contribution is 6.29. The zero-order valence-electron chi connectivity index (χ0n) is 9.69. The summed E-state index contributed by atoms with van der Waals surface area (Å²) in [4.78, 5) is 13.8. The first-order chi connectivity index (χ1) is 8.20. The molecular weight excluding hydrogens is 240 g/mol. The highest BCUT2D eigenvalue weighted by Gasteiger charge is 2.24. The molecule has 2 heterocycles. The quantitative estimate of drug-likeness (QED) is 0.901. The van der Waals surface area contributed by atoms with Crippen molar-refractivity contribution >= 4 is 17.5 Å². The number of hydrogen-bond donors (Lipinski definition) is 1. The van der Waals surface area contributed by atoms with Crippen LogP contribution in [0.15, 0.2) is 16.5 Å². The van der Waals surface area contributed by atoms with Gasteiger partial charge in [-0.2, -0.15) is 0 Å². The van der Waals surface area contributed by atoms with Crippen LogP contribution < -0.4 is 5.73 Å². The van der Waals surface area contributed by atoms with E-state index in [2.05, 4.69) is 0 Å². The number of piperidine rings is 1. The molecule has 0 bridgehead atoms. The minimum atomic E-state index is -0.0666. The molecule has 1 aliphatic rings. The molecule has 0 unspecified atom stereocenters. The van der Waals surface area contributed by atoms with Gasteiger partial charge in [-0.25, -0.2) is 0 Å². The number of likely N-dealkylation sites (tertiary alicyclic amines) is 1. The maximum absolute atomic E-state index is 12.0. The Labute approximate surface area is 106 Å². The third kappa shape index (κ3) is 3.01. The lowest BCUT2D eigenvalue weighted by Gasteiger charge is -2.31. The van der Waals surface area contributed by atoms with Gasteiger partial charge in [0.25, 0.3) is 5.91 Å². The Kier molecular flexibility index (Phi) is 4.07. The van der Waals surface area contributed by atoms with Crippen LogP contribution in [0.25, 0.3) is 0 Å². The molecule has 0 aromatic carbocycles. The Hall–Kier alpha value is -1.00. The van der Waals surface area contributed by atoms with Gasteiger partial charge in [0.2, 0.25) is 0 Å². The van der Waals surface area contributed by atoms with Gasteiger partial charge in [0.1, 0.15) is 0 Å². The number of carbonyl (C=O) groups is 1. The van der Waals surface area contributed by atoms with Crippen LogP contribution in [0.4, 0.5) is 0 Å². The minimum Gasteiger partial charge on any atom is -0.440 e. The summed E-state index contributed by atoms with van der Waals surface area (Å²) in [5.41, 5.74) is 5.54. The first kappa shape index (κ1) is 12.5. The third-order valence-electron chi connectivity index (χ3n) is 3.26. The van der Waals surface area contributed by atoms with Crippen molar-refractivity contribution < 1.29 is 9.21 Å². The molecule has 1 saturated heterocycles. The SMILES string of the molecule is NCCC1CCN(C(=O)c2ccc(Cl)o2)CC1. The molecule has 5 heteroatoms. The summed E-state index contributed by atoms with van der Waals surface area (Å²) in [5, 5.41) is 0.256. The van der Waals surface area contributed by atoms with Crippen molar-refractivity contribution in [2.75, 3.05) is 19.6 Å². The van der Waals surface area contributed by atoms with Crippen LogP contribution in [-0.4, -0.2) is 30.4 Å². The van der Waals surface area contributed by atoms with E-state index in [1.54, 1.807) is 12.1 Å². The molecule has 0 spiro atoms. The van der Waals surface area contributed by atoms with Gasteiger partial charge in [-0.1, -0.05) is 0 Å². The van der Waals surface area contributed by atoms with E-state index in [1.165, 1.54) is 0 Å². The lowest BCUT2D eigenvalue weighted by atomic mass is 9.93. The standard InChI is InChI=1S/C12H17ClN2O2/c13-11-2-1-10(17-11)12(16)15-7-4-9(3-6-14)5-8-15/h1-2,9H,3-8,14H2. The number of halogens is 1. The molecule has 4 nitrogen and oxygen atoms in total. The molecule has 2 N–H and O–H groups in total. The summed E-state index contributed by atoms with van der Waals surface area (Å²) in [6.07, 6.45) is 3.10. The molecule has 1 aliphatic heterocycles. The van der Waals surface area contributed by atoms with Crippen LogP contribution >= 0.6 is 11.6 Å². The first-order valence-electron chi connectivity index (χ1n) is 5.95. The van der Waals surface area contributed by atoms with Crippen molar-refractivity contribution in [3.63, 3.8) is 0 Å². The molecule has 1 aromatic heterocycles. The van der Waals surface area contributed by atoms with E-state index in [-0.39, 0.29) is 11.1 Å². The maximum Gasteiger partial charge on any atom is 0.289 e. The van der Waals surface area contributed by atoms with Gasteiger partial charge in [-0.3, -0.25) is 4.79 Å². The minimum absolute atomic E-state index is 0.0666. The molecule has 94 valence electrons. The number of nitrogens with two attached hydrogens (primary N) is 1. The smallest absolute Gasteiger partial charge is 0.289 e. The average molecular weight is 257 g/mol. The summed E-state index contributed by atoms with van der Waals surface area (Å²) in [6, 6.07) is 3.21. The predicted octanol–water partition coefficient (Wildman–Crippen LogP) is 2.13. The zero-order chi connectivity index (χ0) is 12.3. The molecule has 0 radical (unpaired) electrons. The Bertz CT molecular complexity index is 384. The Morgan fingerprint density at radius 2 is 2.18 bits per heavy atom. The van der Waals surface area contributed by atoms with Crippen LogP contribution in [0.5, 0.6) is 0 Å². The molecule has 0 saturated carbocycles. The second-order valence-corrected chi connectivity index (χ2v) is 4.79. The average Bonchev–Trinajstić information content (AvgIpc) is 2.76. The third-order valence-corrected chi connectivity index (χ3v) is 3.46. The highest BCUT2D eigenvalue weighted by Crippen LogP contribution is 2.22. The van der Waals surface area contributed by atoms with Gasteiger partial charge in [0.05, 0.1) is 0 Å². The monoisotopic (exact) mass is 256 g/mol. The number of amides is 1. The zero-order valence-corrected chi connectivity index (χ0v) is 10.4. The van der Waals surface area contributed by atoms with E-state index in [9.17, 15) is 4.79 Å². The van der Waals surface area contributed by atoms with Gasteiger partial charge < -0.3 is 15.1 Å². The van der Waals surface area contributed by atoms with Crippen molar-refractivity contribution in [1.29, 1.82) is 0 Å². The molecule has 0 atom stereocenters. The molecular formula is C12H17ClN2O2. The summed E-state index contributed by atoms with van der Waals surface area (Å²) in [7, 11) is 0. The largest absolute Gasteiger partial charge is 0.440 e. The van der Waals surface area contributed by atoms with Crippen molar-refractivity contribution in [3.8, 4) is 0 Å². The summed E-state index contributed by atoms with van der Waals surface area (Å²) in [5.74, 6) is 0.916. The fraction of sp³-hybridized carbons (Fsp3) is 0.583. The summed E-state index contributed by atoms with van der Waals surface area (Å²) >= 11 is 5.66. The molecule has 2 rings (SSSR count). The van der Waals surface area contributed by atoms with Crippen molar-refractivity contribution in [2.45, 2.75) is 19.3 Å². The Morgan fingerprint density at radius 3 is 2.71 bits per heavy atom. The van der Waals surface area contributed by atoms with Crippen molar-refractivity contribution in [1.82, 2.24) is 4.90 Å². The number of furan rings is 1. The van der Waals surface area contributed by atoms with E-state index < -0.39 is 0 Å². The Balaban J connectivity index is 1.90. The number of carbonyl (C=O) groups excluding carboxylic acids is 1. The topological polar surface area (TPSA) is 59.5 Å². The van der Waals surface area contributed by atoms with Gasteiger partial charge >= 0.3 is 0 Å². The fourth-order valence-electron chi connectivity index (χ4n) is 2.25. The lowest BCUT2D eigenvalue weighted by molar-refractivity contribution is 0.0656. The highest BCUT2D eigenvalue weighted by atomic mass is 35.5. The van der Waals surface area contributed by atoms with Crippen LogP contribution in [-0.2, 0) is 0 Å². The second kappa shape index (κ2) is 5.56. The van der Waals surface area contributed by atoms with Crippen LogP contribution in [0.3, 0.4) is 0 Å². The second-order valence-electron chi connectivity index (χ2n) is 4.42. The van der Waals surface area contributed by atoms with E-state index in [0.29, 0.717) is 11.7 Å². The van der Waals surface area contributed by atoms with Gasteiger partial charge in [-0.05, 0) is 55.5 Å². The Morgan fingerprint density at radius 1 is 1.47 bits per heavy atom. The normalized spacial score (nSPS) is 17.4. The van der Waals surface area contributed by atoms with E-state index in [1.807, 2.05) is 4.90 Å². The predicted molar refractivity (Wildman–Crippen MR) is 66.0 cm³/mol. The summed E-state index contributed by atoms with van der Waals surface area (Å²) in [6.45, 7) is 2.29. The van der Waals surface area contributed by atoms with Crippen molar-refractivity contribution in [2.24, 2.45) is 11.7 Å². The molecule has 1 amide bonds. The lowest BCUT2D eigenvalue weighted by Crippen LogP contribution is -2.38.